The summed E-state index contributed by atoms with van der Waals surface area (Å²) in [7, 11) is 2.20. The average molecular weight is 456 g/mol. The van der Waals surface area contributed by atoms with Gasteiger partial charge in [0, 0.05) is 19.1 Å². The number of unbranched alkanes of at least 4 members (excludes halogenated alkanes) is 16. The van der Waals surface area contributed by atoms with Crippen LogP contribution in [0.3, 0.4) is 0 Å². The normalized spacial score (nSPS) is 12.5. The number of carboxylic acid groups (broad SMARTS) is 1. The Hall–Kier alpha value is -0.610. The lowest BCUT2D eigenvalue weighted by atomic mass is 10.0. The zero-order chi connectivity index (χ0) is 23.7. The van der Waals surface area contributed by atoms with E-state index < -0.39 is 5.97 Å². The van der Waals surface area contributed by atoms with Crippen molar-refractivity contribution in [2.24, 2.45) is 0 Å². The van der Waals surface area contributed by atoms with Crippen molar-refractivity contribution >= 4 is 5.97 Å². The van der Waals surface area contributed by atoms with E-state index in [2.05, 4.69) is 18.9 Å². The highest BCUT2D eigenvalue weighted by atomic mass is 16.4. The molecule has 1 atom stereocenters. The first-order valence-electron chi connectivity index (χ1n) is 14.1. The molecule has 0 amide bonds. The first kappa shape index (κ1) is 31.4. The number of hydrogen-bond donors (Lipinski definition) is 2. The van der Waals surface area contributed by atoms with Crippen molar-refractivity contribution in [3.8, 4) is 0 Å². The molecular formula is C28H57NO3. The van der Waals surface area contributed by atoms with Gasteiger partial charge in [-0.05, 0) is 45.7 Å². The van der Waals surface area contributed by atoms with Gasteiger partial charge in [-0.15, -0.1) is 0 Å². The van der Waals surface area contributed by atoms with Crippen LogP contribution in [0.25, 0.3) is 0 Å². The summed E-state index contributed by atoms with van der Waals surface area (Å²) in [6.45, 7) is 3.65. The van der Waals surface area contributed by atoms with E-state index in [1.165, 1.54) is 103 Å². The molecule has 0 rings (SSSR count). The second-order valence-electron chi connectivity index (χ2n) is 9.94. The largest absolute Gasteiger partial charge is 0.481 e. The molecule has 0 aliphatic carbocycles. The fraction of sp³-hybridized carbons (Fsp3) is 0.964. The zero-order valence-electron chi connectivity index (χ0n) is 21.8. The second kappa shape index (κ2) is 25.0. The predicted molar refractivity (Wildman–Crippen MR) is 138 cm³/mol. The van der Waals surface area contributed by atoms with Crippen LogP contribution in [0.1, 0.15) is 148 Å². The molecule has 0 aliphatic rings. The van der Waals surface area contributed by atoms with Crippen LogP contribution >= 0.6 is 0 Å². The van der Waals surface area contributed by atoms with Crippen LogP contribution in [-0.4, -0.2) is 47.3 Å². The number of hydrogen-bond acceptors (Lipinski definition) is 3. The van der Waals surface area contributed by atoms with Crippen molar-refractivity contribution in [3.63, 3.8) is 0 Å². The molecule has 0 aromatic rings. The van der Waals surface area contributed by atoms with Gasteiger partial charge in [0.25, 0.3) is 0 Å². The van der Waals surface area contributed by atoms with Gasteiger partial charge in [-0.25, -0.2) is 0 Å². The second-order valence-corrected chi connectivity index (χ2v) is 9.94. The van der Waals surface area contributed by atoms with Crippen molar-refractivity contribution in [3.05, 3.63) is 0 Å². The van der Waals surface area contributed by atoms with E-state index in [1.54, 1.807) is 0 Å². The Labute approximate surface area is 200 Å². The molecule has 0 radical (unpaired) electrons. The first-order chi connectivity index (χ1) is 15.6. The molecule has 192 valence electrons. The van der Waals surface area contributed by atoms with Gasteiger partial charge in [0.1, 0.15) is 0 Å². The highest BCUT2D eigenvalue weighted by Crippen LogP contribution is 2.17. The van der Waals surface area contributed by atoms with Gasteiger partial charge in [0.05, 0.1) is 0 Å². The van der Waals surface area contributed by atoms with Crippen molar-refractivity contribution in [2.45, 2.75) is 154 Å². The maximum atomic E-state index is 10.7. The van der Waals surface area contributed by atoms with Crippen molar-refractivity contribution in [1.29, 1.82) is 0 Å². The molecule has 0 fully saturated rings. The molecule has 0 spiro atoms. The molecule has 0 heterocycles. The molecule has 2 N–H and O–H groups in total. The van der Waals surface area contributed by atoms with E-state index in [9.17, 15) is 4.79 Å². The predicted octanol–water partition coefficient (Wildman–Crippen LogP) is 7.97. The SMILES string of the molecule is CCCCCCCCCCCCCCCCCCN(C)C(CCCO)CCCCC(=O)O. The van der Waals surface area contributed by atoms with Crippen molar-refractivity contribution < 1.29 is 15.0 Å². The highest BCUT2D eigenvalue weighted by molar-refractivity contribution is 5.66. The summed E-state index contributed by atoms with van der Waals surface area (Å²) in [6, 6.07) is 0.479. The minimum atomic E-state index is -0.696. The highest BCUT2D eigenvalue weighted by Gasteiger charge is 2.14. The van der Waals surface area contributed by atoms with Crippen LogP contribution in [0.4, 0.5) is 0 Å². The molecular weight excluding hydrogens is 398 g/mol. The third kappa shape index (κ3) is 22.6. The number of aliphatic carboxylic acids is 1. The average Bonchev–Trinajstić information content (AvgIpc) is 2.78. The summed E-state index contributed by atoms with van der Waals surface area (Å²) in [6.07, 6.45) is 27.3. The summed E-state index contributed by atoms with van der Waals surface area (Å²) < 4.78 is 0. The lowest BCUT2D eigenvalue weighted by Crippen LogP contribution is -2.32. The van der Waals surface area contributed by atoms with E-state index in [1.807, 2.05) is 0 Å². The van der Waals surface area contributed by atoms with Crippen LogP contribution in [0.15, 0.2) is 0 Å². The molecule has 4 heteroatoms. The molecule has 0 aromatic carbocycles. The fourth-order valence-corrected chi connectivity index (χ4v) is 4.66. The molecule has 4 nitrogen and oxygen atoms in total. The van der Waals surface area contributed by atoms with Crippen LogP contribution in [0.5, 0.6) is 0 Å². The minimum Gasteiger partial charge on any atom is -0.481 e. The van der Waals surface area contributed by atoms with Gasteiger partial charge in [-0.1, -0.05) is 110 Å². The molecule has 1 unspecified atom stereocenters. The Kier molecular flexibility index (Phi) is 24.5. The van der Waals surface area contributed by atoms with Gasteiger partial charge in [-0.2, -0.15) is 0 Å². The summed E-state index contributed by atoms with van der Waals surface area (Å²) in [5.74, 6) is -0.696. The zero-order valence-corrected chi connectivity index (χ0v) is 21.8. The molecule has 0 bridgehead atoms. The molecule has 0 saturated heterocycles. The fourth-order valence-electron chi connectivity index (χ4n) is 4.66. The number of aliphatic hydroxyl groups excluding tert-OH is 1. The Morgan fingerprint density at radius 2 is 1.09 bits per heavy atom. The van der Waals surface area contributed by atoms with Gasteiger partial charge in [0.2, 0.25) is 0 Å². The maximum absolute atomic E-state index is 10.7. The van der Waals surface area contributed by atoms with Crippen molar-refractivity contribution in [1.82, 2.24) is 4.90 Å². The number of aliphatic hydroxyl groups is 1. The minimum absolute atomic E-state index is 0.249. The smallest absolute Gasteiger partial charge is 0.303 e. The lowest BCUT2D eigenvalue weighted by Gasteiger charge is -2.28. The third-order valence-corrected chi connectivity index (χ3v) is 6.86. The third-order valence-electron chi connectivity index (χ3n) is 6.86. The van der Waals surface area contributed by atoms with E-state index in [-0.39, 0.29) is 13.0 Å². The first-order valence-corrected chi connectivity index (χ1v) is 14.1. The van der Waals surface area contributed by atoms with Crippen LogP contribution < -0.4 is 0 Å². The topological polar surface area (TPSA) is 60.8 Å². The summed E-state index contributed by atoms with van der Waals surface area (Å²) >= 11 is 0. The van der Waals surface area contributed by atoms with Gasteiger partial charge in [0.15, 0.2) is 0 Å². The number of carbonyl (C=O) groups is 1. The lowest BCUT2D eigenvalue weighted by molar-refractivity contribution is -0.137. The van der Waals surface area contributed by atoms with E-state index in [4.69, 9.17) is 10.2 Å². The van der Waals surface area contributed by atoms with Crippen LogP contribution in [0, 0.1) is 0 Å². The Balaban J connectivity index is 3.54. The molecule has 32 heavy (non-hydrogen) atoms. The summed E-state index contributed by atoms with van der Waals surface area (Å²) in [5.41, 5.74) is 0. The number of nitrogens with zero attached hydrogens (tertiary/aromatic N) is 1. The Bertz CT molecular complexity index is 389. The van der Waals surface area contributed by atoms with Crippen molar-refractivity contribution in [2.75, 3.05) is 20.2 Å². The van der Waals surface area contributed by atoms with Gasteiger partial charge in [-0.3, -0.25) is 4.79 Å². The van der Waals surface area contributed by atoms with Crippen LogP contribution in [-0.2, 0) is 4.79 Å². The Morgan fingerprint density at radius 1 is 0.656 bits per heavy atom. The maximum Gasteiger partial charge on any atom is 0.303 e. The monoisotopic (exact) mass is 455 g/mol. The van der Waals surface area contributed by atoms with E-state index in [0.717, 1.165) is 38.6 Å². The van der Waals surface area contributed by atoms with Crippen LogP contribution in [0.2, 0.25) is 0 Å². The molecule has 0 aliphatic heterocycles. The van der Waals surface area contributed by atoms with E-state index in [0.29, 0.717) is 6.04 Å². The van der Waals surface area contributed by atoms with Gasteiger partial charge < -0.3 is 15.1 Å². The molecule has 0 saturated carbocycles. The Morgan fingerprint density at radius 3 is 1.53 bits per heavy atom. The number of carboxylic acids is 1. The quantitative estimate of drug-likeness (QED) is 0.130. The molecule has 0 aromatic heterocycles. The van der Waals surface area contributed by atoms with Gasteiger partial charge >= 0.3 is 5.97 Å². The standard InChI is InChI=1S/C28H57NO3/c1-3-4-5-6-7-8-9-10-11-12-13-14-15-16-17-20-25-29(2)27(23-21-26-30)22-18-19-24-28(31)32/h27,30H,3-26H2,1-2H3,(H,31,32). The van der Waals surface area contributed by atoms with E-state index >= 15 is 0 Å². The number of rotatable bonds is 26. The summed E-state index contributed by atoms with van der Waals surface area (Å²) in [5, 5.41) is 18.0. The summed E-state index contributed by atoms with van der Waals surface area (Å²) in [4.78, 5) is 13.1.